The molecule has 25 heavy (non-hydrogen) atoms. The van der Waals surface area contributed by atoms with Gasteiger partial charge < -0.3 is 5.32 Å². The van der Waals surface area contributed by atoms with Crippen LogP contribution in [-0.2, 0) is 14.4 Å². The van der Waals surface area contributed by atoms with Gasteiger partial charge in [0.1, 0.15) is 0 Å². The molecule has 2 aliphatic rings. The lowest BCUT2D eigenvalue weighted by atomic mass is 9.55. The molecule has 2 aliphatic carbocycles. The number of nitro benzene ring substituents is 1. The van der Waals surface area contributed by atoms with E-state index in [0.29, 0.717) is 12.8 Å². The molecule has 2 bridgehead atoms. The number of rotatable bonds is 3. The summed E-state index contributed by atoms with van der Waals surface area (Å²) in [4.78, 5) is 48.6. The van der Waals surface area contributed by atoms with E-state index in [-0.39, 0.29) is 28.9 Å². The van der Waals surface area contributed by atoms with E-state index in [0.717, 1.165) is 0 Å². The van der Waals surface area contributed by atoms with Crippen LogP contribution in [0.1, 0.15) is 33.6 Å². The topological polar surface area (TPSA) is 106 Å². The third-order valence-corrected chi connectivity index (χ3v) is 6.25. The molecule has 1 aromatic rings. The molecule has 0 spiro atoms. The van der Waals surface area contributed by atoms with Crippen LogP contribution < -0.4 is 5.32 Å². The molecule has 1 aromatic carbocycles. The highest BCUT2D eigenvalue weighted by Crippen LogP contribution is 2.61. The van der Waals surface area contributed by atoms with Gasteiger partial charge in [-0.15, -0.1) is 0 Å². The zero-order valence-corrected chi connectivity index (χ0v) is 14.4. The van der Waals surface area contributed by atoms with Crippen LogP contribution in [0.4, 0.5) is 11.4 Å². The minimum atomic E-state index is -1.34. The number of fused-ring (bicyclic) bond motifs is 2. The van der Waals surface area contributed by atoms with Gasteiger partial charge in [-0.1, -0.05) is 26.8 Å². The highest BCUT2D eigenvalue weighted by Gasteiger charge is 2.66. The molecule has 3 atom stereocenters. The Kier molecular flexibility index (Phi) is 3.78. The van der Waals surface area contributed by atoms with Crippen LogP contribution in [0.5, 0.6) is 0 Å². The second-order valence-electron chi connectivity index (χ2n) is 7.64. The van der Waals surface area contributed by atoms with Gasteiger partial charge in [0.05, 0.1) is 4.92 Å². The minimum Gasteiger partial charge on any atom is -0.325 e. The average Bonchev–Trinajstić information content (AvgIpc) is 2.71. The smallest absolute Gasteiger partial charge is 0.271 e. The zero-order chi connectivity index (χ0) is 18.6. The molecule has 0 aromatic heterocycles. The number of anilines is 1. The maximum Gasteiger partial charge on any atom is 0.271 e. The highest BCUT2D eigenvalue weighted by molar-refractivity contribution is 6.25. The lowest BCUT2D eigenvalue weighted by molar-refractivity contribution is -0.384. The molecule has 0 heterocycles. The van der Waals surface area contributed by atoms with E-state index in [4.69, 9.17) is 0 Å². The number of nitrogens with zero attached hydrogens (tertiary/aromatic N) is 1. The molecule has 2 saturated carbocycles. The van der Waals surface area contributed by atoms with Crippen molar-refractivity contribution < 1.29 is 19.3 Å². The minimum absolute atomic E-state index is 0.174. The molecule has 132 valence electrons. The lowest BCUT2D eigenvalue weighted by Gasteiger charge is -2.45. The Morgan fingerprint density at radius 2 is 1.96 bits per heavy atom. The van der Waals surface area contributed by atoms with Gasteiger partial charge in [-0.05, 0) is 24.3 Å². The number of ketones is 2. The molecule has 7 heteroatoms. The van der Waals surface area contributed by atoms with Gasteiger partial charge in [0.25, 0.3) is 5.69 Å². The Labute approximate surface area is 144 Å². The Bertz CT molecular complexity index is 800. The van der Waals surface area contributed by atoms with Crippen molar-refractivity contribution in [3.63, 3.8) is 0 Å². The number of carbonyl (C=O) groups excluding carboxylic acids is 3. The quantitative estimate of drug-likeness (QED) is 0.515. The molecular formula is C18H20N2O5. The second kappa shape index (κ2) is 5.47. The summed E-state index contributed by atoms with van der Waals surface area (Å²) in [6.07, 6.45) is 1.20. The van der Waals surface area contributed by atoms with Crippen LogP contribution in [0.25, 0.3) is 0 Å². The van der Waals surface area contributed by atoms with E-state index >= 15 is 0 Å². The van der Waals surface area contributed by atoms with Gasteiger partial charge in [-0.2, -0.15) is 0 Å². The first-order valence-corrected chi connectivity index (χ1v) is 8.23. The largest absolute Gasteiger partial charge is 0.325 e. The van der Waals surface area contributed by atoms with Crippen LogP contribution >= 0.6 is 0 Å². The molecule has 0 saturated heterocycles. The third kappa shape index (κ3) is 2.37. The predicted octanol–water partition coefficient (Wildman–Crippen LogP) is 2.74. The fraction of sp³-hybridized carbons (Fsp3) is 0.500. The maximum atomic E-state index is 12.9. The lowest BCUT2D eigenvalue weighted by Crippen LogP contribution is -2.56. The van der Waals surface area contributed by atoms with Crippen LogP contribution in [0.3, 0.4) is 0 Å². The van der Waals surface area contributed by atoms with Gasteiger partial charge in [0.15, 0.2) is 17.5 Å². The van der Waals surface area contributed by atoms with E-state index in [1.54, 1.807) is 0 Å². The summed E-state index contributed by atoms with van der Waals surface area (Å²) in [6, 6.07) is 5.43. The maximum absolute atomic E-state index is 12.9. The first kappa shape index (κ1) is 17.3. The van der Waals surface area contributed by atoms with Crippen molar-refractivity contribution >= 4 is 28.8 Å². The van der Waals surface area contributed by atoms with Gasteiger partial charge in [0.2, 0.25) is 5.91 Å². The van der Waals surface area contributed by atoms with E-state index in [1.807, 2.05) is 20.8 Å². The Balaban J connectivity index is 1.88. The van der Waals surface area contributed by atoms with Crippen LogP contribution in [0.15, 0.2) is 24.3 Å². The van der Waals surface area contributed by atoms with E-state index in [9.17, 15) is 24.5 Å². The van der Waals surface area contributed by atoms with Crippen molar-refractivity contribution in [1.29, 1.82) is 0 Å². The Morgan fingerprint density at radius 3 is 2.60 bits per heavy atom. The standard InChI is InChI=1S/C18H20N2O5/c1-17(2)12-7-8-18(17,3)15(22)13(14(12)21)16(23)19-10-5-4-6-11(9-10)20(24)25/h4-6,9,12-13H,7-8H2,1-3H3,(H,19,23)/t12?,13?,18-/m1/s1. The summed E-state index contributed by atoms with van der Waals surface area (Å²) in [5, 5.41) is 13.3. The van der Waals surface area contributed by atoms with Gasteiger partial charge >= 0.3 is 0 Å². The summed E-state index contributed by atoms with van der Waals surface area (Å²) in [7, 11) is 0. The van der Waals surface area contributed by atoms with E-state index in [2.05, 4.69) is 5.32 Å². The normalized spacial score (nSPS) is 30.2. The third-order valence-electron chi connectivity index (χ3n) is 6.25. The highest BCUT2D eigenvalue weighted by atomic mass is 16.6. The SMILES string of the molecule is CC1(C)C2CC[C@]1(C)C(=O)C(C(=O)Nc1cccc([N+](=O)[O-])c1)C2=O. The van der Waals surface area contributed by atoms with Crippen LogP contribution in [0, 0.1) is 32.8 Å². The number of nitrogens with one attached hydrogen (secondary N) is 1. The Morgan fingerprint density at radius 1 is 1.28 bits per heavy atom. The zero-order valence-electron chi connectivity index (χ0n) is 14.4. The summed E-state index contributed by atoms with van der Waals surface area (Å²) in [6.45, 7) is 5.65. The van der Waals surface area contributed by atoms with Crippen LogP contribution in [0.2, 0.25) is 0 Å². The van der Waals surface area contributed by atoms with Crippen molar-refractivity contribution in [2.75, 3.05) is 5.32 Å². The van der Waals surface area contributed by atoms with E-state index in [1.165, 1.54) is 24.3 Å². The van der Waals surface area contributed by atoms with Crippen LogP contribution in [-0.4, -0.2) is 22.4 Å². The number of nitro groups is 1. The number of hydrogen-bond donors (Lipinski definition) is 1. The number of hydrogen-bond acceptors (Lipinski definition) is 5. The summed E-state index contributed by atoms with van der Waals surface area (Å²) >= 11 is 0. The van der Waals surface area contributed by atoms with Gasteiger partial charge in [0, 0.05) is 29.2 Å². The van der Waals surface area contributed by atoms with Crippen molar-refractivity contribution in [3.8, 4) is 0 Å². The second-order valence-corrected chi connectivity index (χ2v) is 7.64. The van der Waals surface area contributed by atoms with E-state index < -0.39 is 27.6 Å². The van der Waals surface area contributed by atoms with Gasteiger partial charge in [-0.3, -0.25) is 24.5 Å². The number of carbonyl (C=O) groups is 3. The molecule has 1 N–H and O–H groups in total. The molecule has 2 fully saturated rings. The number of non-ortho nitro benzene ring substituents is 1. The number of amides is 1. The predicted molar refractivity (Wildman–Crippen MR) is 89.8 cm³/mol. The monoisotopic (exact) mass is 344 g/mol. The summed E-state index contributed by atoms with van der Waals surface area (Å²) in [5.74, 6) is -3.06. The average molecular weight is 344 g/mol. The number of Topliss-reactive ketones (excluding diaryl/α,β-unsaturated/α-hetero) is 2. The fourth-order valence-corrected chi connectivity index (χ4v) is 4.25. The van der Waals surface area contributed by atoms with Crippen molar-refractivity contribution in [2.24, 2.45) is 22.7 Å². The van der Waals surface area contributed by atoms with Gasteiger partial charge in [-0.25, -0.2) is 0 Å². The first-order valence-electron chi connectivity index (χ1n) is 8.23. The molecule has 7 nitrogen and oxygen atoms in total. The summed E-state index contributed by atoms with van der Waals surface area (Å²) in [5.41, 5.74) is -1.16. The number of benzene rings is 1. The fourth-order valence-electron chi connectivity index (χ4n) is 4.25. The van der Waals surface area contributed by atoms with Crippen molar-refractivity contribution in [3.05, 3.63) is 34.4 Å². The molecule has 0 radical (unpaired) electrons. The molecule has 3 rings (SSSR count). The molecule has 1 amide bonds. The molecular weight excluding hydrogens is 324 g/mol. The van der Waals surface area contributed by atoms with Crippen molar-refractivity contribution in [2.45, 2.75) is 33.6 Å². The Hall–Kier alpha value is -2.57. The van der Waals surface area contributed by atoms with Crippen molar-refractivity contribution in [1.82, 2.24) is 0 Å². The summed E-state index contributed by atoms with van der Waals surface area (Å²) < 4.78 is 0. The molecule has 2 unspecified atom stereocenters. The first-order chi connectivity index (χ1) is 11.6. The molecule has 0 aliphatic heterocycles.